The Balaban J connectivity index is 1.48. The maximum Gasteiger partial charge on any atom is 0.191 e. The van der Waals surface area contributed by atoms with E-state index in [1.54, 1.807) is 0 Å². The molecular formula is C22H29N5OS. The van der Waals surface area contributed by atoms with Crippen LogP contribution in [0.2, 0.25) is 0 Å². The van der Waals surface area contributed by atoms with Gasteiger partial charge in [0.05, 0.1) is 21.8 Å². The highest BCUT2D eigenvalue weighted by Crippen LogP contribution is 2.15. The third-order valence-corrected chi connectivity index (χ3v) is 5.96. The molecule has 29 heavy (non-hydrogen) atoms. The highest BCUT2D eigenvalue weighted by atomic mass is 32.2. The molecule has 0 saturated carbocycles. The number of hydrogen-bond acceptors (Lipinski definition) is 3. The fraction of sp³-hybridized carbons (Fsp3) is 0.364. The van der Waals surface area contributed by atoms with Crippen molar-refractivity contribution in [2.45, 2.75) is 31.7 Å². The van der Waals surface area contributed by atoms with E-state index in [9.17, 15) is 4.21 Å². The molecule has 1 heterocycles. The average molecular weight is 412 g/mol. The SMILES string of the molecule is CCNC(=NCCCn1c(C)nc2ccccc21)NCCS(=O)c1ccccc1. The first-order valence-corrected chi connectivity index (χ1v) is 11.4. The fourth-order valence-electron chi connectivity index (χ4n) is 3.19. The van der Waals surface area contributed by atoms with Crippen LogP contribution >= 0.6 is 0 Å². The minimum atomic E-state index is -1.00. The van der Waals surface area contributed by atoms with Crippen LogP contribution in [0, 0.1) is 6.92 Å². The van der Waals surface area contributed by atoms with E-state index in [1.165, 1.54) is 5.52 Å². The van der Waals surface area contributed by atoms with Crippen LogP contribution in [-0.4, -0.2) is 45.1 Å². The summed E-state index contributed by atoms with van der Waals surface area (Å²) >= 11 is 0. The van der Waals surface area contributed by atoms with Crippen LogP contribution in [-0.2, 0) is 17.3 Å². The number of para-hydroxylation sites is 2. The topological polar surface area (TPSA) is 71.3 Å². The minimum Gasteiger partial charge on any atom is -0.357 e. The van der Waals surface area contributed by atoms with Crippen LogP contribution in [0.15, 0.2) is 64.5 Å². The molecule has 0 aliphatic carbocycles. The zero-order valence-electron chi connectivity index (χ0n) is 17.1. The Morgan fingerprint density at radius 1 is 1.10 bits per heavy atom. The molecule has 3 rings (SSSR count). The lowest BCUT2D eigenvalue weighted by atomic mass is 10.3. The van der Waals surface area contributed by atoms with E-state index >= 15 is 0 Å². The molecule has 0 aliphatic rings. The van der Waals surface area contributed by atoms with Gasteiger partial charge in [-0.2, -0.15) is 0 Å². The second-order valence-corrected chi connectivity index (χ2v) is 8.27. The predicted molar refractivity (Wildman–Crippen MR) is 121 cm³/mol. The summed E-state index contributed by atoms with van der Waals surface area (Å²) in [5, 5.41) is 6.53. The molecule has 1 unspecified atom stereocenters. The van der Waals surface area contributed by atoms with E-state index in [2.05, 4.69) is 31.2 Å². The minimum absolute atomic E-state index is 0.550. The van der Waals surface area contributed by atoms with Crippen molar-refractivity contribution in [2.75, 3.05) is 25.4 Å². The van der Waals surface area contributed by atoms with Gasteiger partial charge in [-0.25, -0.2) is 4.98 Å². The zero-order chi connectivity index (χ0) is 20.5. The summed E-state index contributed by atoms with van der Waals surface area (Å²) in [6.45, 7) is 7.08. The molecule has 0 saturated heterocycles. The molecule has 0 aliphatic heterocycles. The molecule has 0 amide bonds. The summed E-state index contributed by atoms with van der Waals surface area (Å²) in [5.74, 6) is 2.35. The predicted octanol–water partition coefficient (Wildman–Crippen LogP) is 3.10. The van der Waals surface area contributed by atoms with E-state index in [4.69, 9.17) is 0 Å². The number of nitrogens with zero attached hydrogens (tertiary/aromatic N) is 3. The van der Waals surface area contributed by atoms with Gasteiger partial charge in [0.25, 0.3) is 0 Å². The third-order valence-electron chi connectivity index (χ3n) is 4.59. The number of aryl methyl sites for hydroxylation is 2. The van der Waals surface area contributed by atoms with E-state index < -0.39 is 10.8 Å². The molecule has 2 N–H and O–H groups in total. The van der Waals surface area contributed by atoms with E-state index in [1.807, 2.05) is 62.4 Å². The highest BCUT2D eigenvalue weighted by Gasteiger charge is 2.06. The van der Waals surface area contributed by atoms with Crippen molar-refractivity contribution in [2.24, 2.45) is 4.99 Å². The summed E-state index contributed by atoms with van der Waals surface area (Å²) < 4.78 is 14.6. The first-order chi connectivity index (χ1) is 14.2. The quantitative estimate of drug-likeness (QED) is 0.322. The lowest BCUT2D eigenvalue weighted by Crippen LogP contribution is -2.39. The molecule has 0 bridgehead atoms. The maximum atomic E-state index is 12.3. The number of aromatic nitrogens is 2. The van der Waals surface area contributed by atoms with Gasteiger partial charge in [-0.3, -0.25) is 9.20 Å². The monoisotopic (exact) mass is 411 g/mol. The van der Waals surface area contributed by atoms with Crippen molar-refractivity contribution < 1.29 is 4.21 Å². The van der Waals surface area contributed by atoms with Gasteiger partial charge in [0.15, 0.2) is 5.96 Å². The van der Waals surface area contributed by atoms with Gasteiger partial charge in [-0.05, 0) is 44.5 Å². The molecule has 0 spiro atoms. The smallest absolute Gasteiger partial charge is 0.191 e. The molecule has 2 aromatic carbocycles. The number of fused-ring (bicyclic) bond motifs is 1. The molecule has 1 aromatic heterocycles. The summed E-state index contributed by atoms with van der Waals surface area (Å²) in [4.78, 5) is 10.1. The van der Waals surface area contributed by atoms with Crippen LogP contribution in [0.5, 0.6) is 0 Å². The van der Waals surface area contributed by atoms with Crippen LogP contribution in [0.25, 0.3) is 11.0 Å². The Bertz CT molecular complexity index is 968. The van der Waals surface area contributed by atoms with Crippen molar-refractivity contribution in [1.82, 2.24) is 20.2 Å². The van der Waals surface area contributed by atoms with Gasteiger partial charge in [0.1, 0.15) is 5.82 Å². The van der Waals surface area contributed by atoms with Gasteiger partial charge in [-0.15, -0.1) is 0 Å². The molecule has 6 nitrogen and oxygen atoms in total. The largest absolute Gasteiger partial charge is 0.357 e. The zero-order valence-corrected chi connectivity index (χ0v) is 17.9. The summed E-state index contributed by atoms with van der Waals surface area (Å²) in [5.41, 5.74) is 2.21. The number of nitrogens with one attached hydrogen (secondary N) is 2. The molecule has 7 heteroatoms. The maximum absolute atomic E-state index is 12.3. The van der Waals surface area contributed by atoms with Gasteiger partial charge >= 0.3 is 0 Å². The van der Waals surface area contributed by atoms with E-state index in [0.29, 0.717) is 18.8 Å². The lowest BCUT2D eigenvalue weighted by molar-refractivity contribution is 0.646. The molecule has 1 atom stereocenters. The molecule has 0 radical (unpaired) electrons. The van der Waals surface area contributed by atoms with Gasteiger partial charge in [-0.1, -0.05) is 30.3 Å². The van der Waals surface area contributed by atoms with Crippen LogP contribution < -0.4 is 10.6 Å². The highest BCUT2D eigenvalue weighted by molar-refractivity contribution is 7.85. The van der Waals surface area contributed by atoms with Gasteiger partial charge in [0.2, 0.25) is 0 Å². The van der Waals surface area contributed by atoms with Crippen molar-refractivity contribution in [3.63, 3.8) is 0 Å². The molecular weight excluding hydrogens is 382 g/mol. The normalized spacial score (nSPS) is 12.8. The fourth-order valence-corrected chi connectivity index (χ4v) is 4.18. The standard InChI is InChI=1S/C22H29N5OS/c1-3-23-22(25-15-17-29(28)19-10-5-4-6-11-19)24-14-9-16-27-18(2)26-20-12-7-8-13-21(20)27/h4-8,10-13H,3,9,14-17H2,1-2H3,(H2,23,24,25). The van der Waals surface area contributed by atoms with Crippen molar-refractivity contribution in [3.05, 3.63) is 60.4 Å². The van der Waals surface area contributed by atoms with Crippen molar-refractivity contribution in [1.29, 1.82) is 0 Å². The van der Waals surface area contributed by atoms with E-state index in [0.717, 1.165) is 41.7 Å². The van der Waals surface area contributed by atoms with E-state index in [-0.39, 0.29) is 0 Å². The summed E-state index contributed by atoms with van der Waals surface area (Å²) in [6, 6.07) is 17.8. The van der Waals surface area contributed by atoms with Crippen molar-refractivity contribution >= 4 is 27.8 Å². The molecule has 154 valence electrons. The average Bonchev–Trinajstić information content (AvgIpc) is 3.06. The number of imidazole rings is 1. The molecule has 3 aromatic rings. The van der Waals surface area contributed by atoms with Gasteiger partial charge in [0, 0.05) is 36.8 Å². The van der Waals surface area contributed by atoms with Crippen LogP contribution in [0.4, 0.5) is 0 Å². The van der Waals surface area contributed by atoms with Gasteiger partial charge < -0.3 is 15.2 Å². The Morgan fingerprint density at radius 3 is 2.66 bits per heavy atom. The Labute approximate surface area is 174 Å². The Morgan fingerprint density at radius 2 is 1.86 bits per heavy atom. The van der Waals surface area contributed by atoms with Crippen LogP contribution in [0.3, 0.4) is 0 Å². The summed E-state index contributed by atoms with van der Waals surface area (Å²) in [6.07, 6.45) is 0.924. The first kappa shape index (κ1) is 21.0. The third kappa shape index (κ3) is 5.90. The number of aliphatic imine (C=N–C) groups is 1. The second kappa shape index (κ2) is 10.8. The number of hydrogen-bond donors (Lipinski definition) is 2. The summed E-state index contributed by atoms with van der Waals surface area (Å²) in [7, 11) is -1.00. The number of benzene rings is 2. The first-order valence-electron chi connectivity index (χ1n) is 10.1. The Hall–Kier alpha value is -2.67. The lowest BCUT2D eigenvalue weighted by Gasteiger charge is -2.11. The number of guanidine groups is 1. The van der Waals surface area contributed by atoms with Crippen molar-refractivity contribution in [3.8, 4) is 0 Å². The Kier molecular flexibility index (Phi) is 7.81. The number of rotatable bonds is 9. The molecule has 0 fully saturated rings. The second-order valence-electron chi connectivity index (χ2n) is 6.70. The van der Waals surface area contributed by atoms with Crippen LogP contribution in [0.1, 0.15) is 19.2 Å².